The molecule has 0 spiro atoms. The van der Waals surface area contributed by atoms with Crippen LogP contribution in [0.4, 0.5) is 11.5 Å². The molecular weight excluding hydrogens is 230 g/mol. The van der Waals surface area contributed by atoms with E-state index < -0.39 is 0 Å². The first kappa shape index (κ1) is 12.9. The zero-order valence-corrected chi connectivity index (χ0v) is 10.7. The normalized spacial score (nSPS) is 28.0. The van der Waals surface area contributed by atoms with Crippen molar-refractivity contribution in [1.29, 1.82) is 0 Å². The summed E-state index contributed by atoms with van der Waals surface area (Å²) in [5.74, 6) is 1.18. The van der Waals surface area contributed by atoms with Crippen LogP contribution in [0.2, 0.25) is 0 Å². The second kappa shape index (κ2) is 4.97. The molecule has 1 heterocycles. The van der Waals surface area contributed by atoms with E-state index in [0.717, 1.165) is 31.6 Å². The van der Waals surface area contributed by atoms with Gasteiger partial charge in [0.2, 0.25) is 0 Å². The third-order valence-electron chi connectivity index (χ3n) is 3.89. The van der Waals surface area contributed by atoms with Gasteiger partial charge in [-0.1, -0.05) is 6.92 Å². The van der Waals surface area contributed by atoms with Crippen LogP contribution in [0.15, 0.2) is 11.1 Å². The van der Waals surface area contributed by atoms with Crippen molar-refractivity contribution in [1.82, 2.24) is 9.97 Å². The highest BCUT2D eigenvalue weighted by atomic mass is 16.1. The van der Waals surface area contributed by atoms with Crippen molar-refractivity contribution in [3.63, 3.8) is 0 Å². The van der Waals surface area contributed by atoms with Gasteiger partial charge in [0.05, 0.1) is 11.9 Å². The van der Waals surface area contributed by atoms with Crippen molar-refractivity contribution in [2.24, 2.45) is 11.7 Å². The Hall–Kier alpha value is -1.56. The van der Waals surface area contributed by atoms with Gasteiger partial charge < -0.3 is 21.8 Å². The molecule has 1 aromatic heterocycles. The van der Waals surface area contributed by atoms with E-state index in [4.69, 9.17) is 11.5 Å². The molecule has 0 radical (unpaired) electrons. The van der Waals surface area contributed by atoms with E-state index in [2.05, 4.69) is 22.2 Å². The highest BCUT2D eigenvalue weighted by molar-refractivity contribution is 5.60. The Bertz CT molecular complexity index is 462. The number of hydrogen-bond acceptors (Lipinski definition) is 5. The fourth-order valence-corrected chi connectivity index (χ4v) is 2.46. The lowest BCUT2D eigenvalue weighted by atomic mass is 9.77. The Kier molecular flexibility index (Phi) is 3.56. The SMILES string of the molecule is CC1CCC(CN)(Nc2nc[nH]c(=O)c2N)CC1. The summed E-state index contributed by atoms with van der Waals surface area (Å²) in [5, 5.41) is 3.29. The quantitative estimate of drug-likeness (QED) is 0.631. The summed E-state index contributed by atoms with van der Waals surface area (Å²) in [6.07, 6.45) is 5.59. The monoisotopic (exact) mass is 251 g/mol. The van der Waals surface area contributed by atoms with Gasteiger partial charge >= 0.3 is 0 Å². The Morgan fingerprint density at radius 1 is 1.56 bits per heavy atom. The summed E-state index contributed by atoms with van der Waals surface area (Å²) in [4.78, 5) is 18.0. The van der Waals surface area contributed by atoms with E-state index in [1.165, 1.54) is 6.33 Å². The number of H-pyrrole nitrogens is 1. The molecule has 1 fully saturated rings. The molecule has 0 unspecified atom stereocenters. The van der Waals surface area contributed by atoms with Crippen LogP contribution >= 0.6 is 0 Å². The van der Waals surface area contributed by atoms with Crippen LogP contribution in [0.5, 0.6) is 0 Å². The van der Waals surface area contributed by atoms with Crippen LogP contribution in [-0.4, -0.2) is 22.1 Å². The maximum atomic E-state index is 11.4. The predicted molar refractivity (Wildman–Crippen MR) is 72.3 cm³/mol. The predicted octanol–water partition coefficient (Wildman–Crippen LogP) is 0.672. The molecule has 2 rings (SSSR count). The first-order valence-corrected chi connectivity index (χ1v) is 6.38. The fourth-order valence-electron chi connectivity index (χ4n) is 2.46. The van der Waals surface area contributed by atoms with E-state index in [9.17, 15) is 4.79 Å². The lowest BCUT2D eigenvalue weighted by Crippen LogP contribution is -2.48. The third kappa shape index (κ3) is 2.48. The van der Waals surface area contributed by atoms with Crippen molar-refractivity contribution >= 4 is 11.5 Å². The summed E-state index contributed by atoms with van der Waals surface area (Å²) < 4.78 is 0. The average molecular weight is 251 g/mol. The zero-order chi connectivity index (χ0) is 13.2. The maximum absolute atomic E-state index is 11.4. The van der Waals surface area contributed by atoms with E-state index in [-0.39, 0.29) is 16.8 Å². The molecule has 0 saturated heterocycles. The second-order valence-corrected chi connectivity index (χ2v) is 5.29. The fraction of sp³-hybridized carbons (Fsp3) is 0.667. The van der Waals surface area contributed by atoms with Crippen molar-refractivity contribution in [3.05, 3.63) is 16.7 Å². The molecule has 100 valence electrons. The minimum absolute atomic E-state index is 0.129. The van der Waals surface area contributed by atoms with Crippen LogP contribution in [-0.2, 0) is 0 Å². The van der Waals surface area contributed by atoms with Gasteiger partial charge in [-0.15, -0.1) is 0 Å². The summed E-state index contributed by atoms with van der Waals surface area (Å²) in [7, 11) is 0. The molecule has 0 atom stereocenters. The lowest BCUT2D eigenvalue weighted by molar-refractivity contribution is 0.271. The summed E-state index contributed by atoms with van der Waals surface area (Å²) in [5.41, 5.74) is 11.3. The Labute approximate surface area is 106 Å². The Balaban J connectivity index is 2.20. The molecule has 6 N–H and O–H groups in total. The third-order valence-corrected chi connectivity index (χ3v) is 3.89. The van der Waals surface area contributed by atoms with Gasteiger partial charge in [-0.25, -0.2) is 4.98 Å². The van der Waals surface area contributed by atoms with Crippen LogP contribution in [0.3, 0.4) is 0 Å². The standard InChI is InChI=1S/C12H21N5O/c1-8-2-4-12(6-13,5-3-8)17-10-9(14)11(18)16-7-15-10/h7-8H,2-6,13-14H2,1H3,(H2,15,16,17,18). The van der Waals surface area contributed by atoms with Crippen molar-refractivity contribution in [2.45, 2.75) is 38.1 Å². The zero-order valence-electron chi connectivity index (χ0n) is 10.7. The van der Waals surface area contributed by atoms with Gasteiger partial charge in [-0.3, -0.25) is 4.79 Å². The molecule has 1 aliphatic carbocycles. The molecular formula is C12H21N5O. The molecule has 1 saturated carbocycles. The van der Waals surface area contributed by atoms with Gasteiger partial charge in [0, 0.05) is 6.54 Å². The Morgan fingerprint density at radius 3 is 2.83 bits per heavy atom. The number of nitrogen functional groups attached to an aromatic ring is 1. The number of rotatable bonds is 3. The average Bonchev–Trinajstić information content (AvgIpc) is 2.38. The molecule has 0 amide bonds. The van der Waals surface area contributed by atoms with Gasteiger partial charge in [-0.05, 0) is 31.6 Å². The van der Waals surface area contributed by atoms with Crippen LogP contribution in [0, 0.1) is 5.92 Å². The van der Waals surface area contributed by atoms with Crippen molar-refractivity contribution in [3.8, 4) is 0 Å². The Morgan fingerprint density at radius 2 is 2.22 bits per heavy atom. The topological polar surface area (TPSA) is 110 Å². The number of nitrogens with zero attached hydrogens (tertiary/aromatic N) is 1. The number of nitrogens with two attached hydrogens (primary N) is 2. The van der Waals surface area contributed by atoms with Gasteiger partial charge in [0.15, 0.2) is 5.82 Å². The van der Waals surface area contributed by atoms with Crippen LogP contribution in [0.25, 0.3) is 0 Å². The highest BCUT2D eigenvalue weighted by Crippen LogP contribution is 2.34. The second-order valence-electron chi connectivity index (χ2n) is 5.29. The number of anilines is 2. The van der Waals surface area contributed by atoms with Crippen LogP contribution in [0.1, 0.15) is 32.6 Å². The highest BCUT2D eigenvalue weighted by Gasteiger charge is 2.33. The number of aromatic nitrogens is 2. The summed E-state index contributed by atoms with van der Waals surface area (Å²) in [6, 6.07) is 0. The molecule has 6 heteroatoms. The largest absolute Gasteiger partial charge is 0.391 e. The molecule has 0 aromatic carbocycles. The van der Waals surface area contributed by atoms with E-state index in [0.29, 0.717) is 12.4 Å². The number of aromatic amines is 1. The van der Waals surface area contributed by atoms with E-state index >= 15 is 0 Å². The smallest absolute Gasteiger partial charge is 0.276 e. The van der Waals surface area contributed by atoms with Gasteiger partial charge in [0.25, 0.3) is 5.56 Å². The first-order chi connectivity index (χ1) is 8.56. The molecule has 0 aliphatic heterocycles. The first-order valence-electron chi connectivity index (χ1n) is 6.38. The molecule has 1 aliphatic rings. The lowest BCUT2D eigenvalue weighted by Gasteiger charge is -2.39. The molecule has 1 aromatic rings. The molecule has 0 bridgehead atoms. The minimum atomic E-state index is -0.316. The summed E-state index contributed by atoms with van der Waals surface area (Å²) >= 11 is 0. The van der Waals surface area contributed by atoms with E-state index in [1.807, 2.05) is 0 Å². The summed E-state index contributed by atoms with van der Waals surface area (Å²) in [6.45, 7) is 2.77. The van der Waals surface area contributed by atoms with Crippen molar-refractivity contribution in [2.75, 3.05) is 17.6 Å². The molecule has 6 nitrogen and oxygen atoms in total. The minimum Gasteiger partial charge on any atom is -0.391 e. The molecule has 18 heavy (non-hydrogen) atoms. The number of nitrogens with one attached hydrogen (secondary N) is 2. The maximum Gasteiger partial charge on any atom is 0.276 e. The van der Waals surface area contributed by atoms with Crippen molar-refractivity contribution < 1.29 is 0 Å². The van der Waals surface area contributed by atoms with E-state index in [1.54, 1.807) is 0 Å². The van der Waals surface area contributed by atoms with Crippen LogP contribution < -0.4 is 22.3 Å². The van der Waals surface area contributed by atoms with Gasteiger partial charge in [-0.2, -0.15) is 0 Å². The van der Waals surface area contributed by atoms with Gasteiger partial charge in [0.1, 0.15) is 5.69 Å². The number of hydrogen-bond donors (Lipinski definition) is 4.